The maximum absolute atomic E-state index is 5.66. The minimum absolute atomic E-state index is 0.568. The Bertz CT molecular complexity index is 289. The van der Waals surface area contributed by atoms with Crippen molar-refractivity contribution in [3.8, 4) is 5.75 Å². The summed E-state index contributed by atoms with van der Waals surface area (Å²) in [5.41, 5.74) is 1.31. The SMILES string of the molecule is CC(C)COc1c[c]cc(CC(C)C)c1. The van der Waals surface area contributed by atoms with E-state index in [9.17, 15) is 0 Å². The molecule has 1 rings (SSSR count). The highest BCUT2D eigenvalue weighted by Crippen LogP contribution is 2.16. The molecule has 0 saturated carbocycles. The van der Waals surface area contributed by atoms with Crippen molar-refractivity contribution in [2.75, 3.05) is 6.61 Å². The van der Waals surface area contributed by atoms with Gasteiger partial charge in [-0.15, -0.1) is 0 Å². The molecule has 0 spiro atoms. The van der Waals surface area contributed by atoms with Gasteiger partial charge in [0.1, 0.15) is 5.75 Å². The fraction of sp³-hybridized carbons (Fsp3) is 0.571. The normalized spacial score (nSPS) is 11.1. The lowest BCUT2D eigenvalue weighted by Gasteiger charge is -2.10. The largest absolute Gasteiger partial charge is 0.493 e. The molecule has 1 aromatic carbocycles. The Morgan fingerprint density at radius 1 is 1.13 bits per heavy atom. The third-order valence-corrected chi connectivity index (χ3v) is 2.05. The Hall–Kier alpha value is -0.980. The van der Waals surface area contributed by atoms with E-state index in [1.54, 1.807) is 0 Å². The molecule has 0 N–H and O–H groups in total. The zero-order valence-electron chi connectivity index (χ0n) is 10.2. The van der Waals surface area contributed by atoms with Crippen LogP contribution in [0.25, 0.3) is 0 Å². The molecule has 0 aliphatic heterocycles. The predicted octanol–water partition coefficient (Wildman–Crippen LogP) is 3.72. The average Bonchev–Trinajstić information content (AvgIpc) is 2.14. The van der Waals surface area contributed by atoms with Gasteiger partial charge in [0, 0.05) is 0 Å². The number of benzene rings is 1. The molecule has 0 bridgehead atoms. The molecule has 0 aliphatic rings. The molecule has 0 saturated heterocycles. The molecule has 15 heavy (non-hydrogen) atoms. The first-order valence-corrected chi connectivity index (χ1v) is 5.70. The lowest BCUT2D eigenvalue weighted by Crippen LogP contribution is -2.04. The minimum Gasteiger partial charge on any atom is -0.493 e. The van der Waals surface area contributed by atoms with Gasteiger partial charge in [0.2, 0.25) is 0 Å². The Balaban J connectivity index is 2.57. The van der Waals surface area contributed by atoms with Crippen LogP contribution in [0.15, 0.2) is 18.2 Å². The fourth-order valence-electron chi connectivity index (χ4n) is 1.43. The lowest BCUT2D eigenvalue weighted by molar-refractivity contribution is 0.270. The quantitative estimate of drug-likeness (QED) is 0.712. The summed E-state index contributed by atoms with van der Waals surface area (Å²) in [6, 6.07) is 9.21. The highest BCUT2D eigenvalue weighted by atomic mass is 16.5. The van der Waals surface area contributed by atoms with Gasteiger partial charge in [0.15, 0.2) is 0 Å². The second-order valence-corrected chi connectivity index (χ2v) is 4.88. The predicted molar refractivity (Wildman–Crippen MR) is 64.2 cm³/mol. The molecule has 0 fully saturated rings. The van der Waals surface area contributed by atoms with E-state index >= 15 is 0 Å². The van der Waals surface area contributed by atoms with Crippen LogP contribution in [-0.2, 0) is 6.42 Å². The van der Waals surface area contributed by atoms with Gasteiger partial charge in [-0.2, -0.15) is 0 Å². The molecule has 0 aromatic heterocycles. The minimum atomic E-state index is 0.568. The highest BCUT2D eigenvalue weighted by Gasteiger charge is 2.01. The summed E-state index contributed by atoms with van der Waals surface area (Å²) in [5.74, 6) is 2.19. The summed E-state index contributed by atoms with van der Waals surface area (Å²) in [6.07, 6.45) is 1.09. The van der Waals surface area contributed by atoms with E-state index in [0.717, 1.165) is 18.8 Å². The Labute approximate surface area is 93.5 Å². The maximum Gasteiger partial charge on any atom is 0.120 e. The maximum atomic E-state index is 5.66. The van der Waals surface area contributed by atoms with Crippen LogP contribution in [0.2, 0.25) is 0 Å². The van der Waals surface area contributed by atoms with E-state index < -0.39 is 0 Å². The van der Waals surface area contributed by atoms with Crippen LogP contribution in [0, 0.1) is 17.9 Å². The summed E-state index contributed by atoms with van der Waals surface area (Å²) in [5, 5.41) is 0. The van der Waals surface area contributed by atoms with Crippen LogP contribution in [-0.4, -0.2) is 6.61 Å². The van der Waals surface area contributed by atoms with Crippen molar-refractivity contribution in [1.29, 1.82) is 0 Å². The second kappa shape index (κ2) is 5.79. The smallest absolute Gasteiger partial charge is 0.120 e. The Morgan fingerprint density at radius 2 is 1.87 bits per heavy atom. The highest BCUT2D eigenvalue weighted by molar-refractivity contribution is 5.27. The molecular formula is C14H21O. The standard InChI is InChI=1S/C14H21O/c1-11(2)8-13-6-5-7-14(9-13)15-10-12(3)4/h6-7,9,11-12H,8,10H2,1-4H3. The van der Waals surface area contributed by atoms with Crippen LogP contribution < -0.4 is 4.74 Å². The van der Waals surface area contributed by atoms with Gasteiger partial charge in [-0.25, -0.2) is 0 Å². The zero-order valence-corrected chi connectivity index (χ0v) is 10.2. The fourth-order valence-corrected chi connectivity index (χ4v) is 1.43. The summed E-state index contributed by atoms with van der Waals surface area (Å²) < 4.78 is 5.66. The molecule has 0 unspecified atom stereocenters. The van der Waals surface area contributed by atoms with Crippen LogP contribution >= 0.6 is 0 Å². The number of hydrogen-bond donors (Lipinski definition) is 0. The average molecular weight is 205 g/mol. The summed E-state index contributed by atoms with van der Waals surface area (Å²) in [4.78, 5) is 0. The molecule has 0 aliphatic carbocycles. The topological polar surface area (TPSA) is 9.23 Å². The van der Waals surface area contributed by atoms with Crippen LogP contribution in [0.4, 0.5) is 0 Å². The summed E-state index contributed by atoms with van der Waals surface area (Å²) in [7, 11) is 0. The lowest BCUT2D eigenvalue weighted by atomic mass is 10.0. The molecule has 0 heterocycles. The molecule has 0 atom stereocenters. The van der Waals surface area contributed by atoms with Gasteiger partial charge in [0.25, 0.3) is 0 Å². The van der Waals surface area contributed by atoms with Gasteiger partial charge in [-0.1, -0.05) is 33.8 Å². The van der Waals surface area contributed by atoms with Gasteiger partial charge >= 0.3 is 0 Å². The van der Waals surface area contributed by atoms with Crippen molar-refractivity contribution in [2.45, 2.75) is 34.1 Å². The second-order valence-electron chi connectivity index (χ2n) is 4.88. The van der Waals surface area contributed by atoms with Crippen LogP contribution in [0.1, 0.15) is 33.3 Å². The molecular weight excluding hydrogens is 184 g/mol. The Morgan fingerprint density at radius 3 is 2.47 bits per heavy atom. The monoisotopic (exact) mass is 205 g/mol. The van der Waals surface area contributed by atoms with Gasteiger partial charge in [-0.05, 0) is 42.0 Å². The third-order valence-electron chi connectivity index (χ3n) is 2.05. The summed E-state index contributed by atoms with van der Waals surface area (Å²) in [6.45, 7) is 9.53. The van der Waals surface area contributed by atoms with E-state index in [0.29, 0.717) is 11.8 Å². The molecule has 1 nitrogen and oxygen atoms in total. The van der Waals surface area contributed by atoms with Crippen molar-refractivity contribution in [3.63, 3.8) is 0 Å². The van der Waals surface area contributed by atoms with E-state index in [1.807, 2.05) is 12.1 Å². The van der Waals surface area contributed by atoms with E-state index in [-0.39, 0.29) is 0 Å². The summed E-state index contributed by atoms with van der Waals surface area (Å²) >= 11 is 0. The van der Waals surface area contributed by atoms with Crippen molar-refractivity contribution in [3.05, 3.63) is 29.8 Å². The first kappa shape index (κ1) is 12.1. The molecule has 1 radical (unpaired) electrons. The molecule has 0 amide bonds. The number of hydrogen-bond acceptors (Lipinski definition) is 1. The van der Waals surface area contributed by atoms with E-state index in [1.165, 1.54) is 5.56 Å². The molecule has 1 aromatic rings. The van der Waals surface area contributed by atoms with Gasteiger partial charge < -0.3 is 4.74 Å². The molecule has 83 valence electrons. The van der Waals surface area contributed by atoms with Gasteiger partial charge in [0.05, 0.1) is 6.61 Å². The van der Waals surface area contributed by atoms with Crippen LogP contribution in [0.5, 0.6) is 5.75 Å². The van der Waals surface area contributed by atoms with Crippen LogP contribution in [0.3, 0.4) is 0 Å². The van der Waals surface area contributed by atoms with Crippen molar-refractivity contribution >= 4 is 0 Å². The first-order valence-electron chi connectivity index (χ1n) is 5.70. The molecule has 1 heteroatoms. The van der Waals surface area contributed by atoms with Crippen molar-refractivity contribution < 1.29 is 4.74 Å². The van der Waals surface area contributed by atoms with Crippen molar-refractivity contribution in [1.82, 2.24) is 0 Å². The van der Waals surface area contributed by atoms with E-state index in [4.69, 9.17) is 4.74 Å². The van der Waals surface area contributed by atoms with Crippen molar-refractivity contribution in [2.24, 2.45) is 11.8 Å². The Kier molecular flexibility index (Phi) is 4.67. The first-order chi connectivity index (χ1) is 7.08. The van der Waals surface area contributed by atoms with Gasteiger partial charge in [-0.3, -0.25) is 0 Å². The zero-order chi connectivity index (χ0) is 11.3. The van der Waals surface area contributed by atoms with E-state index in [2.05, 4.69) is 39.8 Å². The third kappa shape index (κ3) is 4.87. The number of rotatable bonds is 5. The number of ether oxygens (including phenoxy) is 1.